The molecule has 0 saturated heterocycles. The molecule has 0 bridgehead atoms. The van der Waals surface area contributed by atoms with Crippen molar-refractivity contribution in [1.29, 1.82) is 0 Å². The van der Waals surface area contributed by atoms with Crippen LogP contribution in [0.4, 0.5) is 0 Å². The van der Waals surface area contributed by atoms with Gasteiger partial charge in [-0.15, -0.1) is 0 Å². The lowest BCUT2D eigenvalue weighted by Gasteiger charge is -2.20. The first-order chi connectivity index (χ1) is 11.4. The number of ether oxygens (including phenoxy) is 1. The lowest BCUT2D eigenvalue weighted by atomic mass is 10.0. The Balaban J connectivity index is 1.82. The summed E-state index contributed by atoms with van der Waals surface area (Å²) >= 11 is 0. The van der Waals surface area contributed by atoms with Gasteiger partial charge in [0.2, 0.25) is 0 Å². The topological polar surface area (TPSA) is 9.23 Å². The Morgan fingerprint density at radius 2 is 1.61 bits per heavy atom. The fourth-order valence-corrected chi connectivity index (χ4v) is 2.91. The molecule has 3 rings (SSSR count). The number of hydrogen-bond donors (Lipinski definition) is 0. The predicted octanol–water partition coefficient (Wildman–Crippen LogP) is 5.83. The minimum Gasteiger partial charge on any atom is -0.489 e. The molecule has 0 aliphatic rings. The third kappa shape index (κ3) is 4.13. The molecule has 0 fully saturated rings. The highest BCUT2D eigenvalue weighted by Gasteiger charge is 2.13. The number of unbranched alkanes of at least 4 members (excludes halogenated alkanes) is 1. The van der Waals surface area contributed by atoms with Gasteiger partial charge in [-0.25, -0.2) is 0 Å². The Kier molecular flexibility index (Phi) is 5.31. The fourth-order valence-electron chi connectivity index (χ4n) is 2.91. The van der Waals surface area contributed by atoms with Crippen LogP contribution in [0.3, 0.4) is 0 Å². The molecule has 0 aliphatic heterocycles. The Morgan fingerprint density at radius 1 is 0.870 bits per heavy atom. The normalized spacial score (nSPS) is 12.2. The van der Waals surface area contributed by atoms with Gasteiger partial charge in [0, 0.05) is 11.8 Å². The highest BCUT2D eigenvalue weighted by atomic mass is 16.5. The van der Waals surface area contributed by atoms with E-state index in [4.69, 9.17) is 4.74 Å². The van der Waals surface area contributed by atoms with E-state index < -0.39 is 0 Å². The predicted molar refractivity (Wildman–Crippen MR) is 97.7 cm³/mol. The van der Waals surface area contributed by atoms with Crippen molar-refractivity contribution in [2.75, 3.05) is 0 Å². The van der Waals surface area contributed by atoms with Crippen molar-refractivity contribution < 1.29 is 4.74 Å². The molecule has 23 heavy (non-hydrogen) atoms. The summed E-state index contributed by atoms with van der Waals surface area (Å²) < 4.78 is 6.41. The second-order valence-electron chi connectivity index (χ2n) is 5.89. The van der Waals surface area contributed by atoms with Crippen molar-refractivity contribution in [2.24, 2.45) is 0 Å². The molecular weight excluding hydrogens is 280 g/mol. The smallest absolute Gasteiger partial charge is 0.127 e. The van der Waals surface area contributed by atoms with Crippen molar-refractivity contribution in [3.05, 3.63) is 84.8 Å². The second kappa shape index (κ2) is 7.82. The molecule has 1 heteroatoms. The second-order valence-corrected chi connectivity index (χ2v) is 5.89. The van der Waals surface area contributed by atoms with Crippen molar-refractivity contribution in [1.82, 2.24) is 0 Å². The Labute approximate surface area is 138 Å². The van der Waals surface area contributed by atoms with E-state index in [-0.39, 0.29) is 6.10 Å². The van der Waals surface area contributed by atoms with Gasteiger partial charge in [-0.3, -0.25) is 0 Å². The summed E-state index contributed by atoms with van der Waals surface area (Å²) in [5.74, 6) is 0.986. The van der Waals surface area contributed by atoms with Crippen LogP contribution in [0, 0.1) is 6.42 Å². The lowest BCUT2D eigenvalue weighted by Crippen LogP contribution is -2.19. The summed E-state index contributed by atoms with van der Waals surface area (Å²) in [6, 6.07) is 25.3. The average molecular weight is 303 g/mol. The quantitative estimate of drug-likeness (QED) is 0.533. The van der Waals surface area contributed by atoms with Crippen LogP contribution in [0.15, 0.2) is 72.8 Å². The van der Waals surface area contributed by atoms with Gasteiger partial charge in [0.05, 0.1) is 0 Å². The van der Waals surface area contributed by atoms with E-state index in [2.05, 4.69) is 86.1 Å². The minimum atomic E-state index is 0.194. The zero-order chi connectivity index (χ0) is 15.9. The average Bonchev–Trinajstić information content (AvgIpc) is 2.61. The SMILES string of the molecule is C[CH]CCC(Cc1ccccc1)Oc1cccc2ccccc12. The standard InChI is InChI=1S/C22H23O/c1-2-3-14-20(17-18-10-5-4-6-11-18)23-22-16-9-13-19-12-7-8-15-21(19)22/h2,4-13,15-16,20H,3,14,17H2,1H3. The lowest BCUT2D eigenvalue weighted by molar-refractivity contribution is 0.194. The number of fused-ring (bicyclic) bond motifs is 1. The van der Waals surface area contributed by atoms with E-state index in [9.17, 15) is 0 Å². The number of benzene rings is 3. The van der Waals surface area contributed by atoms with E-state index in [0.717, 1.165) is 25.0 Å². The van der Waals surface area contributed by atoms with E-state index in [0.29, 0.717) is 0 Å². The summed E-state index contributed by atoms with van der Waals surface area (Å²) in [5.41, 5.74) is 1.33. The molecule has 1 nitrogen and oxygen atoms in total. The zero-order valence-electron chi connectivity index (χ0n) is 13.6. The Morgan fingerprint density at radius 3 is 2.43 bits per heavy atom. The summed E-state index contributed by atoms with van der Waals surface area (Å²) in [5, 5.41) is 2.42. The highest BCUT2D eigenvalue weighted by Crippen LogP contribution is 2.27. The van der Waals surface area contributed by atoms with Crippen LogP contribution < -0.4 is 4.74 Å². The monoisotopic (exact) mass is 303 g/mol. The summed E-state index contributed by atoms with van der Waals surface area (Å²) in [6.07, 6.45) is 5.46. The molecule has 3 aromatic rings. The number of hydrogen-bond acceptors (Lipinski definition) is 1. The zero-order valence-corrected chi connectivity index (χ0v) is 13.6. The van der Waals surface area contributed by atoms with E-state index in [1.165, 1.54) is 16.3 Å². The van der Waals surface area contributed by atoms with Gasteiger partial charge < -0.3 is 4.74 Å². The maximum absolute atomic E-state index is 6.41. The minimum absolute atomic E-state index is 0.194. The molecule has 117 valence electrons. The molecule has 0 heterocycles. The molecule has 0 N–H and O–H groups in total. The van der Waals surface area contributed by atoms with Gasteiger partial charge >= 0.3 is 0 Å². The van der Waals surface area contributed by atoms with Crippen LogP contribution in [0.1, 0.15) is 25.3 Å². The van der Waals surface area contributed by atoms with Crippen molar-refractivity contribution in [2.45, 2.75) is 32.3 Å². The first-order valence-corrected chi connectivity index (χ1v) is 8.33. The maximum atomic E-state index is 6.41. The van der Waals surface area contributed by atoms with Gasteiger partial charge in [0.1, 0.15) is 11.9 Å². The largest absolute Gasteiger partial charge is 0.489 e. The molecule has 0 aromatic heterocycles. The molecule has 1 atom stereocenters. The van der Waals surface area contributed by atoms with Gasteiger partial charge in [-0.1, -0.05) is 73.7 Å². The third-order valence-corrected chi connectivity index (χ3v) is 4.13. The molecule has 1 radical (unpaired) electrons. The molecule has 0 saturated carbocycles. The van der Waals surface area contributed by atoms with Gasteiger partial charge in [-0.2, -0.15) is 0 Å². The Hall–Kier alpha value is -2.28. The summed E-state index contributed by atoms with van der Waals surface area (Å²) in [6.45, 7) is 2.11. The van der Waals surface area contributed by atoms with E-state index in [1.807, 2.05) is 0 Å². The fraction of sp³-hybridized carbons (Fsp3) is 0.227. The number of rotatable bonds is 7. The van der Waals surface area contributed by atoms with Crippen LogP contribution in [-0.2, 0) is 6.42 Å². The van der Waals surface area contributed by atoms with Gasteiger partial charge in [0.25, 0.3) is 0 Å². The maximum Gasteiger partial charge on any atom is 0.127 e. The molecule has 3 aromatic carbocycles. The van der Waals surface area contributed by atoms with Crippen LogP contribution in [-0.4, -0.2) is 6.10 Å². The van der Waals surface area contributed by atoms with E-state index in [1.54, 1.807) is 0 Å². The van der Waals surface area contributed by atoms with Crippen molar-refractivity contribution >= 4 is 10.8 Å². The van der Waals surface area contributed by atoms with Gasteiger partial charge in [0.15, 0.2) is 0 Å². The summed E-state index contributed by atoms with van der Waals surface area (Å²) in [7, 11) is 0. The van der Waals surface area contributed by atoms with Crippen LogP contribution in [0.2, 0.25) is 0 Å². The van der Waals surface area contributed by atoms with Crippen LogP contribution in [0.5, 0.6) is 5.75 Å². The molecule has 0 aliphatic carbocycles. The first kappa shape index (κ1) is 15.6. The molecule has 0 amide bonds. The van der Waals surface area contributed by atoms with Gasteiger partial charge in [-0.05, 0) is 36.3 Å². The molecular formula is C22H23O. The summed E-state index contributed by atoms with van der Waals surface area (Å²) in [4.78, 5) is 0. The third-order valence-electron chi connectivity index (χ3n) is 4.13. The van der Waals surface area contributed by atoms with Crippen molar-refractivity contribution in [3.63, 3.8) is 0 Å². The van der Waals surface area contributed by atoms with Crippen LogP contribution in [0.25, 0.3) is 10.8 Å². The van der Waals surface area contributed by atoms with Crippen molar-refractivity contribution in [3.8, 4) is 5.75 Å². The highest BCUT2D eigenvalue weighted by molar-refractivity contribution is 5.88. The van der Waals surface area contributed by atoms with Crippen LogP contribution >= 0.6 is 0 Å². The molecule has 0 spiro atoms. The molecule has 1 unspecified atom stereocenters. The van der Waals surface area contributed by atoms with E-state index >= 15 is 0 Å². The first-order valence-electron chi connectivity index (χ1n) is 8.33. The Bertz CT molecular complexity index is 728.